The molecule has 8 heteroatoms. The number of pyridine rings is 1. The normalized spacial score (nSPS) is 12.0. The number of nitrogens with zero attached hydrogens (tertiary/aromatic N) is 5. The summed E-state index contributed by atoms with van der Waals surface area (Å²) >= 11 is 0. The van der Waals surface area contributed by atoms with Crippen LogP contribution in [0.4, 0.5) is 5.82 Å². The molecule has 0 unspecified atom stereocenters. The highest BCUT2D eigenvalue weighted by Gasteiger charge is 2.13. The zero-order valence-corrected chi connectivity index (χ0v) is 19.2. The standard InChI is InChI=1S/C25H28N6O2/c1-4-7-20(32)15-31-25-19(14-30-31)10-18(13-27-25)22-11-24(29-16-28-22)26-12-17(2)21-8-5-6-9-23(21)33-3/h5-6,8-11,13-14,16-17H,4,7,12,15H2,1-3H3,(H,26,28,29)/t17-/m1/s1. The number of aromatic nitrogens is 5. The Morgan fingerprint density at radius 1 is 1.15 bits per heavy atom. The molecule has 33 heavy (non-hydrogen) atoms. The van der Waals surface area contributed by atoms with Gasteiger partial charge in [-0.05, 0) is 24.1 Å². The summed E-state index contributed by atoms with van der Waals surface area (Å²) in [5.41, 5.74) is 3.47. The molecule has 0 amide bonds. The SMILES string of the molecule is CCCC(=O)Cn1ncc2cc(-c3cc(NC[C@@H](C)c4ccccc4OC)ncn3)cnc21. The fraction of sp³-hybridized carbons (Fsp3) is 0.320. The van der Waals surface area contributed by atoms with Crippen molar-refractivity contribution < 1.29 is 9.53 Å². The molecule has 1 N–H and O–H groups in total. The number of hydrogen-bond donors (Lipinski definition) is 1. The van der Waals surface area contributed by atoms with Crippen LogP contribution in [-0.4, -0.2) is 44.2 Å². The van der Waals surface area contributed by atoms with Crippen LogP contribution in [0.15, 0.2) is 55.1 Å². The summed E-state index contributed by atoms with van der Waals surface area (Å²) in [4.78, 5) is 25.3. The molecule has 0 bridgehead atoms. The number of ketones is 1. The predicted octanol–water partition coefficient (Wildman–Crippen LogP) is 4.48. The number of benzene rings is 1. The van der Waals surface area contributed by atoms with Crippen molar-refractivity contribution in [2.75, 3.05) is 19.0 Å². The van der Waals surface area contributed by atoms with Gasteiger partial charge in [0.25, 0.3) is 0 Å². The Kier molecular flexibility index (Phi) is 6.92. The molecule has 0 aliphatic rings. The summed E-state index contributed by atoms with van der Waals surface area (Å²) < 4.78 is 7.14. The first-order chi connectivity index (χ1) is 16.1. The summed E-state index contributed by atoms with van der Waals surface area (Å²) in [5.74, 6) is 2.01. The van der Waals surface area contributed by atoms with Gasteiger partial charge in [-0.15, -0.1) is 0 Å². The van der Waals surface area contributed by atoms with Crippen LogP contribution in [0.2, 0.25) is 0 Å². The lowest BCUT2D eigenvalue weighted by molar-refractivity contribution is -0.119. The van der Waals surface area contributed by atoms with Gasteiger partial charge in [0, 0.05) is 42.1 Å². The van der Waals surface area contributed by atoms with Crippen LogP contribution in [0.25, 0.3) is 22.3 Å². The summed E-state index contributed by atoms with van der Waals surface area (Å²) in [7, 11) is 1.69. The van der Waals surface area contributed by atoms with E-state index in [1.165, 1.54) is 0 Å². The van der Waals surface area contributed by atoms with E-state index >= 15 is 0 Å². The molecule has 0 saturated carbocycles. The molecule has 1 atom stereocenters. The van der Waals surface area contributed by atoms with Crippen molar-refractivity contribution in [2.24, 2.45) is 0 Å². The van der Waals surface area contributed by atoms with Gasteiger partial charge in [0.05, 0.1) is 19.0 Å². The first-order valence-electron chi connectivity index (χ1n) is 11.1. The molecule has 1 aromatic carbocycles. The second-order valence-electron chi connectivity index (χ2n) is 8.04. The lowest BCUT2D eigenvalue weighted by Gasteiger charge is -2.16. The fourth-order valence-corrected chi connectivity index (χ4v) is 3.81. The number of nitrogens with one attached hydrogen (secondary N) is 1. The number of carbonyl (C=O) groups is 1. The van der Waals surface area contributed by atoms with Crippen LogP contribution in [-0.2, 0) is 11.3 Å². The Bertz CT molecular complexity index is 1250. The highest BCUT2D eigenvalue weighted by molar-refractivity contribution is 5.83. The van der Waals surface area contributed by atoms with Crippen LogP contribution < -0.4 is 10.1 Å². The summed E-state index contributed by atoms with van der Waals surface area (Å²) in [6.07, 6.45) is 6.42. The minimum absolute atomic E-state index is 0.155. The van der Waals surface area contributed by atoms with Gasteiger partial charge in [0.2, 0.25) is 0 Å². The molecule has 0 saturated heterocycles. The third-order valence-electron chi connectivity index (χ3n) is 5.55. The van der Waals surface area contributed by atoms with Crippen molar-refractivity contribution in [3.63, 3.8) is 0 Å². The van der Waals surface area contributed by atoms with Crippen LogP contribution in [0.3, 0.4) is 0 Å². The number of hydrogen-bond acceptors (Lipinski definition) is 7. The Hall–Kier alpha value is -3.81. The summed E-state index contributed by atoms with van der Waals surface area (Å²) in [6.45, 7) is 5.09. The van der Waals surface area contributed by atoms with Gasteiger partial charge in [0.15, 0.2) is 11.4 Å². The van der Waals surface area contributed by atoms with Crippen molar-refractivity contribution in [1.29, 1.82) is 0 Å². The van der Waals surface area contributed by atoms with E-state index in [0.717, 1.165) is 40.2 Å². The van der Waals surface area contributed by atoms with Gasteiger partial charge in [0.1, 0.15) is 24.4 Å². The topological polar surface area (TPSA) is 94.8 Å². The van der Waals surface area contributed by atoms with Crippen molar-refractivity contribution in [3.8, 4) is 17.0 Å². The third-order valence-corrected chi connectivity index (χ3v) is 5.55. The summed E-state index contributed by atoms with van der Waals surface area (Å²) in [5, 5.41) is 8.61. The Labute approximate surface area is 193 Å². The second kappa shape index (κ2) is 10.2. The monoisotopic (exact) mass is 444 g/mol. The zero-order valence-electron chi connectivity index (χ0n) is 19.2. The molecule has 0 fully saturated rings. The molecule has 0 aliphatic heterocycles. The molecule has 170 valence electrons. The molecule has 3 aromatic heterocycles. The maximum atomic E-state index is 12.0. The molecular weight excluding hydrogens is 416 g/mol. The van der Waals surface area contributed by atoms with Gasteiger partial charge in [-0.1, -0.05) is 32.0 Å². The number of ether oxygens (including phenoxy) is 1. The lowest BCUT2D eigenvalue weighted by atomic mass is 10.00. The van der Waals surface area contributed by atoms with E-state index in [2.05, 4.69) is 38.4 Å². The van der Waals surface area contributed by atoms with Gasteiger partial charge in [-0.3, -0.25) is 4.79 Å². The number of methoxy groups -OCH3 is 1. The van der Waals surface area contributed by atoms with E-state index in [4.69, 9.17) is 4.74 Å². The van der Waals surface area contributed by atoms with E-state index in [1.54, 1.807) is 30.5 Å². The Morgan fingerprint density at radius 3 is 2.82 bits per heavy atom. The van der Waals surface area contributed by atoms with Gasteiger partial charge in [-0.2, -0.15) is 5.10 Å². The average molecular weight is 445 g/mol. The molecule has 0 aliphatic carbocycles. The molecular formula is C25H28N6O2. The quantitative estimate of drug-likeness (QED) is 0.385. The van der Waals surface area contributed by atoms with E-state index in [1.807, 2.05) is 37.3 Å². The van der Waals surface area contributed by atoms with E-state index in [0.29, 0.717) is 18.6 Å². The highest BCUT2D eigenvalue weighted by atomic mass is 16.5. The Balaban J connectivity index is 1.48. The maximum Gasteiger partial charge on any atom is 0.158 e. The Morgan fingerprint density at radius 2 is 2.00 bits per heavy atom. The largest absolute Gasteiger partial charge is 0.496 e. The van der Waals surface area contributed by atoms with Crippen LogP contribution in [0.5, 0.6) is 5.75 Å². The number of Topliss-reactive ketones (excluding diaryl/α,β-unsaturated/α-hetero) is 1. The number of rotatable bonds is 10. The van der Waals surface area contributed by atoms with Gasteiger partial charge >= 0.3 is 0 Å². The average Bonchev–Trinajstić information content (AvgIpc) is 3.24. The number of para-hydroxylation sites is 1. The number of carbonyl (C=O) groups excluding carboxylic acids is 1. The highest BCUT2D eigenvalue weighted by Crippen LogP contribution is 2.27. The molecule has 4 aromatic rings. The fourth-order valence-electron chi connectivity index (χ4n) is 3.81. The predicted molar refractivity (Wildman–Crippen MR) is 128 cm³/mol. The molecule has 4 rings (SSSR count). The second-order valence-corrected chi connectivity index (χ2v) is 8.04. The molecule has 3 heterocycles. The number of fused-ring (bicyclic) bond motifs is 1. The molecule has 8 nitrogen and oxygen atoms in total. The summed E-state index contributed by atoms with van der Waals surface area (Å²) in [6, 6.07) is 11.9. The first-order valence-corrected chi connectivity index (χ1v) is 11.1. The van der Waals surface area contributed by atoms with Crippen molar-refractivity contribution in [2.45, 2.75) is 39.2 Å². The zero-order chi connectivity index (χ0) is 23.2. The minimum Gasteiger partial charge on any atom is -0.496 e. The minimum atomic E-state index is 0.155. The van der Waals surface area contributed by atoms with Crippen LogP contribution in [0.1, 0.15) is 38.2 Å². The lowest BCUT2D eigenvalue weighted by Crippen LogP contribution is -2.12. The first kappa shape index (κ1) is 22.4. The van der Waals surface area contributed by atoms with Gasteiger partial charge < -0.3 is 10.1 Å². The number of anilines is 1. The molecule has 0 radical (unpaired) electrons. The van der Waals surface area contributed by atoms with Crippen LogP contribution in [0, 0.1) is 0 Å². The van der Waals surface area contributed by atoms with Crippen molar-refractivity contribution >= 4 is 22.6 Å². The van der Waals surface area contributed by atoms with E-state index in [-0.39, 0.29) is 18.2 Å². The van der Waals surface area contributed by atoms with Crippen molar-refractivity contribution in [1.82, 2.24) is 24.7 Å². The molecule has 0 spiro atoms. The van der Waals surface area contributed by atoms with Crippen LogP contribution >= 0.6 is 0 Å². The van der Waals surface area contributed by atoms with Gasteiger partial charge in [-0.25, -0.2) is 19.6 Å². The smallest absolute Gasteiger partial charge is 0.158 e. The maximum absolute atomic E-state index is 12.0. The van der Waals surface area contributed by atoms with E-state index in [9.17, 15) is 4.79 Å². The van der Waals surface area contributed by atoms with Crippen molar-refractivity contribution in [3.05, 3.63) is 60.7 Å². The van der Waals surface area contributed by atoms with E-state index < -0.39 is 0 Å². The third kappa shape index (κ3) is 5.16.